The molecule has 3 rings (SSSR count). The highest BCUT2D eigenvalue weighted by molar-refractivity contribution is 5.26. The van der Waals surface area contributed by atoms with Crippen LogP contribution in [0.4, 0.5) is 0 Å². The first kappa shape index (κ1) is 14.0. The quantitative estimate of drug-likeness (QED) is 0.920. The third kappa shape index (κ3) is 2.61. The zero-order valence-corrected chi connectivity index (χ0v) is 12.6. The molecule has 2 heterocycles. The Morgan fingerprint density at radius 2 is 2.10 bits per heavy atom. The molecule has 0 aromatic carbocycles. The summed E-state index contributed by atoms with van der Waals surface area (Å²) in [5, 5.41) is 0. The molecule has 110 valence electrons. The molecular formula is C17H27N3. The zero-order valence-electron chi connectivity index (χ0n) is 12.6. The molecule has 2 fully saturated rings. The summed E-state index contributed by atoms with van der Waals surface area (Å²) in [4.78, 5) is 7.04. The smallest absolute Gasteiger partial charge is 0.0491 e. The molecule has 1 aromatic rings. The number of fused-ring (bicyclic) bond motifs is 1. The van der Waals surface area contributed by atoms with Crippen molar-refractivity contribution in [3.05, 3.63) is 29.6 Å². The van der Waals surface area contributed by atoms with Crippen LogP contribution < -0.4 is 5.73 Å². The van der Waals surface area contributed by atoms with Gasteiger partial charge in [0.1, 0.15) is 0 Å². The zero-order chi connectivity index (χ0) is 13.9. The van der Waals surface area contributed by atoms with Crippen molar-refractivity contribution in [2.24, 2.45) is 11.7 Å². The molecule has 3 heteroatoms. The van der Waals surface area contributed by atoms with E-state index in [-0.39, 0.29) is 0 Å². The first-order valence-corrected chi connectivity index (χ1v) is 8.17. The second-order valence-electron chi connectivity index (χ2n) is 6.48. The number of rotatable bonds is 3. The van der Waals surface area contributed by atoms with Crippen LogP contribution in [-0.2, 0) is 0 Å². The molecule has 2 aliphatic rings. The van der Waals surface area contributed by atoms with Gasteiger partial charge in [-0.3, -0.25) is 9.88 Å². The molecule has 0 spiro atoms. The minimum atomic E-state index is 0.356. The average Bonchev–Trinajstić information content (AvgIpc) is 2.50. The Kier molecular flexibility index (Phi) is 4.37. The number of hydrogen-bond acceptors (Lipinski definition) is 3. The summed E-state index contributed by atoms with van der Waals surface area (Å²) in [6.45, 7) is 4.09. The van der Waals surface area contributed by atoms with E-state index in [0.29, 0.717) is 12.6 Å². The molecule has 3 unspecified atom stereocenters. The molecule has 0 amide bonds. The molecule has 3 nitrogen and oxygen atoms in total. The summed E-state index contributed by atoms with van der Waals surface area (Å²) >= 11 is 0. The van der Waals surface area contributed by atoms with Crippen LogP contribution in [0.5, 0.6) is 0 Å². The molecule has 3 atom stereocenters. The molecule has 0 bridgehead atoms. The maximum Gasteiger partial charge on any atom is 0.0491 e. The van der Waals surface area contributed by atoms with Gasteiger partial charge >= 0.3 is 0 Å². The third-order valence-electron chi connectivity index (χ3n) is 5.35. The van der Waals surface area contributed by atoms with Crippen molar-refractivity contribution in [3.63, 3.8) is 0 Å². The number of likely N-dealkylation sites (tertiary alicyclic amines) is 1. The molecule has 1 saturated heterocycles. The predicted octanol–water partition coefficient (Wildman–Crippen LogP) is 3.04. The monoisotopic (exact) mass is 273 g/mol. The largest absolute Gasteiger partial charge is 0.329 e. The van der Waals surface area contributed by atoms with Crippen molar-refractivity contribution < 1.29 is 0 Å². The Labute approximate surface area is 122 Å². The molecule has 1 aliphatic carbocycles. The van der Waals surface area contributed by atoms with E-state index >= 15 is 0 Å². The lowest BCUT2D eigenvalue weighted by Gasteiger charge is -2.47. The number of pyridine rings is 1. The number of nitrogens with two attached hydrogens (primary N) is 1. The molecule has 0 radical (unpaired) electrons. The normalized spacial score (nSPS) is 28.9. The van der Waals surface area contributed by atoms with Gasteiger partial charge in [-0.2, -0.15) is 0 Å². The van der Waals surface area contributed by atoms with Gasteiger partial charge in [-0.25, -0.2) is 0 Å². The van der Waals surface area contributed by atoms with E-state index in [2.05, 4.69) is 22.9 Å². The fourth-order valence-corrected chi connectivity index (χ4v) is 4.32. The molecule has 2 N–H and O–H groups in total. The van der Waals surface area contributed by atoms with Gasteiger partial charge in [0.15, 0.2) is 0 Å². The molecule has 20 heavy (non-hydrogen) atoms. The summed E-state index contributed by atoms with van der Waals surface area (Å²) in [5.41, 5.74) is 8.82. The second kappa shape index (κ2) is 6.23. The molecule has 1 aliphatic heterocycles. The van der Waals surface area contributed by atoms with Gasteiger partial charge < -0.3 is 5.73 Å². The fraction of sp³-hybridized carbons (Fsp3) is 0.706. The lowest BCUT2D eigenvalue weighted by atomic mass is 9.77. The SMILES string of the molecule is Cc1ccncc1C(CN)N1CCCC2CCCCC21. The summed E-state index contributed by atoms with van der Waals surface area (Å²) < 4.78 is 0. The summed E-state index contributed by atoms with van der Waals surface area (Å²) in [6, 6.07) is 3.22. The van der Waals surface area contributed by atoms with E-state index in [1.54, 1.807) is 0 Å². The lowest BCUT2D eigenvalue weighted by molar-refractivity contribution is 0.0273. The molecule has 1 aromatic heterocycles. The minimum absolute atomic E-state index is 0.356. The third-order valence-corrected chi connectivity index (χ3v) is 5.35. The maximum absolute atomic E-state index is 6.16. The van der Waals surface area contributed by atoms with E-state index in [4.69, 9.17) is 5.73 Å². The van der Waals surface area contributed by atoms with Crippen molar-refractivity contribution in [2.45, 2.75) is 57.5 Å². The van der Waals surface area contributed by atoms with Crippen LogP contribution in [0.1, 0.15) is 55.7 Å². The van der Waals surface area contributed by atoms with Crippen LogP contribution in [0, 0.1) is 12.8 Å². The highest BCUT2D eigenvalue weighted by Crippen LogP contribution is 2.39. The summed E-state index contributed by atoms with van der Waals surface area (Å²) in [7, 11) is 0. The standard InChI is InChI=1S/C17H27N3/c1-13-8-9-19-12-15(13)17(11-18)20-10-4-6-14-5-2-3-7-16(14)20/h8-9,12,14,16-17H,2-7,10-11,18H2,1H3. The molecular weight excluding hydrogens is 246 g/mol. The van der Waals surface area contributed by atoms with Crippen LogP contribution in [0.2, 0.25) is 0 Å². The highest BCUT2D eigenvalue weighted by atomic mass is 15.2. The van der Waals surface area contributed by atoms with Crippen LogP contribution in [0.25, 0.3) is 0 Å². The number of aromatic nitrogens is 1. The van der Waals surface area contributed by atoms with Crippen molar-refractivity contribution in [1.82, 2.24) is 9.88 Å². The number of piperidine rings is 1. The van der Waals surface area contributed by atoms with Gasteiger partial charge in [0, 0.05) is 31.0 Å². The fourth-order valence-electron chi connectivity index (χ4n) is 4.32. The van der Waals surface area contributed by atoms with Gasteiger partial charge in [-0.15, -0.1) is 0 Å². The van der Waals surface area contributed by atoms with E-state index in [1.807, 2.05) is 12.4 Å². The molecule has 1 saturated carbocycles. The van der Waals surface area contributed by atoms with Crippen molar-refractivity contribution in [2.75, 3.05) is 13.1 Å². The van der Waals surface area contributed by atoms with Crippen molar-refractivity contribution in [3.8, 4) is 0 Å². The number of aryl methyl sites for hydroxylation is 1. The Bertz CT molecular complexity index is 444. The van der Waals surface area contributed by atoms with E-state index < -0.39 is 0 Å². The minimum Gasteiger partial charge on any atom is -0.329 e. The van der Waals surface area contributed by atoms with Gasteiger partial charge in [0.25, 0.3) is 0 Å². The maximum atomic E-state index is 6.16. The van der Waals surface area contributed by atoms with Gasteiger partial charge in [-0.1, -0.05) is 12.8 Å². The first-order chi connectivity index (χ1) is 9.81. The topological polar surface area (TPSA) is 42.1 Å². The first-order valence-electron chi connectivity index (χ1n) is 8.17. The summed E-state index contributed by atoms with van der Waals surface area (Å²) in [6.07, 6.45) is 12.3. The number of nitrogens with zero attached hydrogens (tertiary/aromatic N) is 2. The Morgan fingerprint density at radius 3 is 2.90 bits per heavy atom. The highest BCUT2D eigenvalue weighted by Gasteiger charge is 2.36. The van der Waals surface area contributed by atoms with Crippen LogP contribution in [0.3, 0.4) is 0 Å². The Hall–Kier alpha value is -0.930. The lowest BCUT2D eigenvalue weighted by Crippen LogP contribution is -2.50. The van der Waals surface area contributed by atoms with E-state index in [1.165, 1.54) is 56.2 Å². The van der Waals surface area contributed by atoms with E-state index in [9.17, 15) is 0 Å². The number of hydrogen-bond donors (Lipinski definition) is 1. The van der Waals surface area contributed by atoms with Crippen molar-refractivity contribution >= 4 is 0 Å². The predicted molar refractivity (Wildman–Crippen MR) is 82.5 cm³/mol. The average molecular weight is 273 g/mol. The van der Waals surface area contributed by atoms with Crippen LogP contribution in [-0.4, -0.2) is 29.0 Å². The van der Waals surface area contributed by atoms with Crippen molar-refractivity contribution in [1.29, 1.82) is 0 Å². The van der Waals surface area contributed by atoms with Crippen LogP contribution in [0.15, 0.2) is 18.5 Å². The van der Waals surface area contributed by atoms with E-state index in [0.717, 1.165) is 12.0 Å². The second-order valence-corrected chi connectivity index (χ2v) is 6.48. The Morgan fingerprint density at radius 1 is 1.30 bits per heavy atom. The van der Waals surface area contributed by atoms with Gasteiger partial charge in [0.05, 0.1) is 0 Å². The Balaban J connectivity index is 1.86. The van der Waals surface area contributed by atoms with Crippen LogP contribution >= 0.6 is 0 Å². The van der Waals surface area contributed by atoms with Gasteiger partial charge in [-0.05, 0) is 62.3 Å². The van der Waals surface area contributed by atoms with Gasteiger partial charge in [0.2, 0.25) is 0 Å². The summed E-state index contributed by atoms with van der Waals surface area (Å²) in [5.74, 6) is 0.906.